The Morgan fingerprint density at radius 2 is 1.94 bits per heavy atom. The maximum atomic E-state index is 14.5. The molecule has 32 heavy (non-hydrogen) atoms. The van der Waals surface area contributed by atoms with Crippen molar-refractivity contribution in [2.24, 2.45) is 5.92 Å². The van der Waals surface area contributed by atoms with E-state index in [9.17, 15) is 29.3 Å². The minimum Gasteiger partial charge on any atom is -0.506 e. The molecule has 7 nitrogen and oxygen atoms in total. The van der Waals surface area contributed by atoms with Crippen molar-refractivity contribution in [3.8, 4) is 11.5 Å². The summed E-state index contributed by atoms with van der Waals surface area (Å²) in [5.41, 5.74) is -0.158. The van der Waals surface area contributed by atoms with E-state index in [1.54, 1.807) is 10.6 Å². The number of fused-ring (bicyclic) bond motifs is 1. The third kappa shape index (κ3) is 4.16. The maximum absolute atomic E-state index is 14.5. The molecule has 2 aromatic carbocycles. The summed E-state index contributed by atoms with van der Waals surface area (Å²) in [6.07, 6.45) is 1.21. The zero-order valence-electron chi connectivity index (χ0n) is 17.7. The molecule has 0 fully saturated rings. The minimum atomic E-state index is -1.39. The largest absolute Gasteiger partial charge is 0.506 e. The van der Waals surface area contributed by atoms with Gasteiger partial charge in [-0.05, 0) is 29.2 Å². The third-order valence-electron chi connectivity index (χ3n) is 5.50. The summed E-state index contributed by atoms with van der Waals surface area (Å²) in [7, 11) is 1.42. The average Bonchev–Trinajstić information content (AvgIpc) is 2.75. The molecule has 0 saturated heterocycles. The van der Waals surface area contributed by atoms with Crippen molar-refractivity contribution in [1.82, 2.24) is 4.57 Å². The summed E-state index contributed by atoms with van der Waals surface area (Å²) in [4.78, 5) is 24.7. The highest BCUT2D eigenvalue weighted by molar-refractivity contribution is 6.32. The molecule has 170 valence electrons. The molecule has 0 aliphatic carbocycles. The molecule has 1 atom stereocenters. The lowest BCUT2D eigenvalue weighted by Crippen LogP contribution is -2.25. The molecule has 3 rings (SSSR count). The third-order valence-corrected chi connectivity index (χ3v) is 5.86. The lowest BCUT2D eigenvalue weighted by Gasteiger charge is -2.25. The number of nitrogens with zero attached hydrogens (tertiary/aromatic N) is 1. The highest BCUT2D eigenvalue weighted by Gasteiger charge is 2.23. The molecule has 0 saturated carbocycles. The van der Waals surface area contributed by atoms with Gasteiger partial charge in [-0.3, -0.25) is 4.79 Å². The molecule has 0 unspecified atom stereocenters. The van der Waals surface area contributed by atoms with Crippen LogP contribution in [0.3, 0.4) is 0 Å². The predicted octanol–water partition coefficient (Wildman–Crippen LogP) is 3.99. The number of carbonyl (C=O) groups is 1. The molecule has 0 radical (unpaired) electrons. The number of halogens is 2. The molecule has 1 aromatic heterocycles. The number of benzene rings is 2. The Morgan fingerprint density at radius 3 is 2.50 bits per heavy atom. The van der Waals surface area contributed by atoms with Crippen molar-refractivity contribution in [3.63, 3.8) is 0 Å². The van der Waals surface area contributed by atoms with Gasteiger partial charge < -0.3 is 24.6 Å². The van der Waals surface area contributed by atoms with Gasteiger partial charge in [0.15, 0.2) is 0 Å². The summed E-state index contributed by atoms with van der Waals surface area (Å²) in [6.45, 7) is 3.47. The second-order valence-corrected chi connectivity index (χ2v) is 8.19. The first kappa shape index (κ1) is 23.6. The topological polar surface area (TPSA) is 109 Å². The van der Waals surface area contributed by atoms with Crippen molar-refractivity contribution >= 4 is 28.5 Å². The number of hydrogen-bond donors (Lipinski definition) is 3. The number of aliphatic hydroxyl groups is 1. The standard InChI is InChI=1S/C23H23ClFNO6/c1-11(2)17(10-27)26-9-15(23(30)31)22(29)14-7-13(19(32-3)8-16(14)26)6-12-4-5-18(28)20(24)21(12)25/h4-5,7-9,11,17,27-28H,6,10H2,1-3H3,(H,30,31)/t17-/m1/s1. The Bertz CT molecular complexity index is 1250. The van der Waals surface area contributed by atoms with E-state index in [0.717, 1.165) is 0 Å². The van der Waals surface area contributed by atoms with Crippen LogP contribution in [0.4, 0.5) is 4.39 Å². The van der Waals surface area contributed by atoms with Crippen LogP contribution in [-0.2, 0) is 6.42 Å². The molecule has 1 heterocycles. The van der Waals surface area contributed by atoms with E-state index in [1.165, 1.54) is 31.5 Å². The molecule has 0 bridgehead atoms. The van der Waals surface area contributed by atoms with Crippen LogP contribution in [0.25, 0.3) is 10.9 Å². The quantitative estimate of drug-likeness (QED) is 0.489. The van der Waals surface area contributed by atoms with Crippen molar-refractivity contribution in [2.45, 2.75) is 26.3 Å². The Balaban J connectivity index is 2.31. The normalized spacial score (nSPS) is 12.3. The average molecular weight is 464 g/mol. The molecule has 3 aromatic rings. The Labute approximate surface area is 188 Å². The van der Waals surface area contributed by atoms with Crippen molar-refractivity contribution in [1.29, 1.82) is 0 Å². The number of hydrogen-bond acceptors (Lipinski definition) is 5. The maximum Gasteiger partial charge on any atom is 0.341 e. The van der Waals surface area contributed by atoms with Crippen molar-refractivity contribution in [2.75, 3.05) is 13.7 Å². The minimum absolute atomic E-state index is 0.0186. The van der Waals surface area contributed by atoms with Gasteiger partial charge >= 0.3 is 5.97 Å². The van der Waals surface area contributed by atoms with E-state index >= 15 is 0 Å². The molecular weight excluding hydrogens is 441 g/mol. The number of methoxy groups -OCH3 is 1. The van der Waals surface area contributed by atoms with Crippen LogP contribution >= 0.6 is 11.6 Å². The fraction of sp³-hybridized carbons (Fsp3) is 0.304. The Morgan fingerprint density at radius 1 is 1.25 bits per heavy atom. The van der Waals surface area contributed by atoms with E-state index in [-0.39, 0.29) is 29.9 Å². The first-order valence-electron chi connectivity index (χ1n) is 9.86. The number of ether oxygens (including phenoxy) is 1. The van der Waals surface area contributed by atoms with Crippen LogP contribution in [0.1, 0.15) is 41.4 Å². The first-order valence-corrected chi connectivity index (χ1v) is 10.2. The monoisotopic (exact) mass is 463 g/mol. The fourth-order valence-electron chi connectivity index (χ4n) is 3.72. The number of aromatic hydroxyl groups is 1. The smallest absolute Gasteiger partial charge is 0.341 e. The van der Waals surface area contributed by atoms with E-state index in [0.29, 0.717) is 16.8 Å². The Kier molecular flexibility index (Phi) is 6.76. The predicted molar refractivity (Wildman–Crippen MR) is 119 cm³/mol. The van der Waals surface area contributed by atoms with Gasteiger partial charge in [0, 0.05) is 24.1 Å². The number of rotatable bonds is 7. The van der Waals surface area contributed by atoms with E-state index < -0.39 is 39.6 Å². The first-order chi connectivity index (χ1) is 15.1. The molecule has 9 heteroatoms. The fourth-order valence-corrected chi connectivity index (χ4v) is 3.90. The van der Waals surface area contributed by atoms with Gasteiger partial charge in [-0.25, -0.2) is 9.18 Å². The number of aromatic nitrogens is 1. The second-order valence-electron chi connectivity index (χ2n) is 7.81. The molecule has 0 aliphatic rings. The van der Waals surface area contributed by atoms with Crippen LogP contribution in [0.15, 0.2) is 35.3 Å². The summed E-state index contributed by atoms with van der Waals surface area (Å²) < 4.78 is 21.6. The summed E-state index contributed by atoms with van der Waals surface area (Å²) >= 11 is 5.80. The zero-order valence-corrected chi connectivity index (χ0v) is 18.5. The van der Waals surface area contributed by atoms with Gasteiger partial charge in [0.25, 0.3) is 0 Å². The van der Waals surface area contributed by atoms with E-state index in [2.05, 4.69) is 0 Å². The number of aromatic carboxylic acids is 1. The number of phenols is 1. The summed E-state index contributed by atoms with van der Waals surface area (Å²) in [6, 6.07) is 5.18. The lowest BCUT2D eigenvalue weighted by atomic mass is 9.98. The summed E-state index contributed by atoms with van der Waals surface area (Å²) in [5.74, 6) is -2.30. The van der Waals surface area contributed by atoms with Crippen LogP contribution < -0.4 is 10.2 Å². The van der Waals surface area contributed by atoms with Gasteiger partial charge in [0.05, 0.1) is 25.3 Å². The number of pyridine rings is 1. The van der Waals surface area contributed by atoms with Crippen LogP contribution in [-0.4, -0.2) is 39.6 Å². The number of phenolic OH excluding ortho intramolecular Hbond substituents is 1. The van der Waals surface area contributed by atoms with Gasteiger partial charge in [-0.2, -0.15) is 0 Å². The number of aliphatic hydroxyl groups excluding tert-OH is 1. The SMILES string of the molecule is COc1cc2c(cc1Cc1ccc(O)c(Cl)c1F)c(=O)c(C(=O)O)cn2[C@H](CO)C(C)C. The highest BCUT2D eigenvalue weighted by atomic mass is 35.5. The van der Waals surface area contributed by atoms with Crippen LogP contribution in [0.5, 0.6) is 11.5 Å². The van der Waals surface area contributed by atoms with Gasteiger partial charge in [-0.15, -0.1) is 0 Å². The summed E-state index contributed by atoms with van der Waals surface area (Å²) in [5, 5.41) is 28.7. The lowest BCUT2D eigenvalue weighted by molar-refractivity contribution is 0.0694. The molecule has 0 amide bonds. The van der Waals surface area contributed by atoms with Crippen molar-refractivity contribution in [3.05, 3.63) is 68.2 Å². The molecule has 0 spiro atoms. The number of carboxylic acids is 1. The highest BCUT2D eigenvalue weighted by Crippen LogP contribution is 2.33. The second kappa shape index (κ2) is 9.18. The van der Waals surface area contributed by atoms with E-state index in [1.807, 2.05) is 13.8 Å². The van der Waals surface area contributed by atoms with Crippen molar-refractivity contribution < 1.29 is 29.2 Å². The van der Waals surface area contributed by atoms with Crippen LogP contribution in [0, 0.1) is 11.7 Å². The molecule has 3 N–H and O–H groups in total. The zero-order chi connectivity index (χ0) is 23.7. The van der Waals surface area contributed by atoms with Gasteiger partial charge in [0.2, 0.25) is 5.43 Å². The molecule has 0 aliphatic heterocycles. The molecular formula is C23H23ClFNO6. The Hall–Kier alpha value is -3.10. The van der Waals surface area contributed by atoms with Crippen LogP contribution in [0.2, 0.25) is 5.02 Å². The van der Waals surface area contributed by atoms with E-state index in [4.69, 9.17) is 16.3 Å². The van der Waals surface area contributed by atoms with Gasteiger partial charge in [0.1, 0.15) is 27.9 Å². The number of carboxylic acid groups (broad SMARTS) is 1. The van der Waals surface area contributed by atoms with Gasteiger partial charge in [-0.1, -0.05) is 31.5 Å².